The fourth-order valence-electron chi connectivity index (χ4n) is 2.57. The number of amides is 1. The number of ether oxygens (including phenoxy) is 1. The third-order valence-corrected chi connectivity index (χ3v) is 3.99. The fourth-order valence-corrected chi connectivity index (χ4v) is 2.57. The Morgan fingerprint density at radius 2 is 1.84 bits per heavy atom. The number of benzene rings is 2. The Bertz CT molecular complexity index is 839. The number of carbonyl (C=O) groups is 1. The zero-order chi connectivity index (χ0) is 17.6. The minimum atomic E-state index is -0.479. The van der Waals surface area contributed by atoms with Gasteiger partial charge in [0.25, 0.3) is 0 Å². The van der Waals surface area contributed by atoms with Gasteiger partial charge in [-0.25, -0.2) is 4.79 Å². The highest BCUT2D eigenvalue weighted by Gasteiger charge is 2.14. The predicted molar refractivity (Wildman–Crippen MR) is 98.5 cm³/mol. The first kappa shape index (κ1) is 16.8. The summed E-state index contributed by atoms with van der Waals surface area (Å²) in [6, 6.07) is 18.0. The molecule has 3 aromatic rings. The Morgan fingerprint density at radius 3 is 2.56 bits per heavy atom. The highest BCUT2D eigenvalue weighted by atomic mass is 16.5. The van der Waals surface area contributed by atoms with E-state index in [0.717, 1.165) is 16.7 Å². The third-order valence-electron chi connectivity index (χ3n) is 3.99. The van der Waals surface area contributed by atoms with E-state index in [9.17, 15) is 4.79 Å². The summed E-state index contributed by atoms with van der Waals surface area (Å²) >= 11 is 0. The molecule has 0 saturated heterocycles. The van der Waals surface area contributed by atoms with E-state index in [1.165, 1.54) is 5.56 Å². The molecule has 0 aliphatic rings. The molecule has 0 bridgehead atoms. The molecule has 0 saturated carbocycles. The Balaban J connectivity index is 1.63. The van der Waals surface area contributed by atoms with E-state index in [0.29, 0.717) is 18.8 Å². The smallest absolute Gasteiger partial charge is 0.412 e. The first-order valence-corrected chi connectivity index (χ1v) is 8.20. The predicted octanol–water partition coefficient (Wildman–Crippen LogP) is 4.19. The van der Waals surface area contributed by atoms with Crippen molar-refractivity contribution in [3.8, 4) is 11.1 Å². The molecule has 0 aliphatic heterocycles. The van der Waals surface area contributed by atoms with Crippen molar-refractivity contribution in [1.82, 2.24) is 9.78 Å². The van der Waals surface area contributed by atoms with Crippen LogP contribution in [0.4, 0.5) is 10.6 Å². The lowest BCUT2D eigenvalue weighted by Gasteiger charge is -2.10. The van der Waals surface area contributed by atoms with E-state index in [4.69, 9.17) is 4.74 Å². The van der Waals surface area contributed by atoms with Crippen LogP contribution in [0, 0.1) is 6.92 Å². The molecule has 0 fully saturated rings. The van der Waals surface area contributed by atoms with Crippen LogP contribution in [0.15, 0.2) is 60.8 Å². The van der Waals surface area contributed by atoms with Crippen molar-refractivity contribution >= 4 is 11.9 Å². The molecule has 0 spiro atoms. The molecule has 128 valence electrons. The van der Waals surface area contributed by atoms with Gasteiger partial charge >= 0.3 is 6.09 Å². The van der Waals surface area contributed by atoms with Crippen LogP contribution in [0.3, 0.4) is 0 Å². The first-order chi connectivity index (χ1) is 12.1. The molecule has 5 heteroatoms. The molecule has 3 rings (SSSR count). The van der Waals surface area contributed by atoms with Crippen LogP contribution in [0.1, 0.15) is 11.1 Å². The highest BCUT2D eigenvalue weighted by molar-refractivity contribution is 5.89. The Hall–Kier alpha value is -3.08. The minimum Gasteiger partial charge on any atom is -0.449 e. The maximum atomic E-state index is 12.1. The Labute approximate surface area is 147 Å². The van der Waals surface area contributed by atoms with Crippen LogP contribution in [0.25, 0.3) is 11.1 Å². The summed E-state index contributed by atoms with van der Waals surface area (Å²) in [7, 11) is 1.79. The Morgan fingerprint density at radius 1 is 1.12 bits per heavy atom. The molecular weight excluding hydrogens is 314 g/mol. The molecule has 0 radical (unpaired) electrons. The number of hydrogen-bond donors (Lipinski definition) is 1. The lowest BCUT2D eigenvalue weighted by Crippen LogP contribution is -2.17. The van der Waals surface area contributed by atoms with Crippen LogP contribution in [0.5, 0.6) is 0 Å². The average Bonchev–Trinajstić information content (AvgIpc) is 2.97. The number of nitrogens with one attached hydrogen (secondary N) is 1. The number of aryl methyl sites for hydroxylation is 2. The molecule has 2 aromatic carbocycles. The second-order valence-corrected chi connectivity index (χ2v) is 5.89. The fraction of sp³-hybridized carbons (Fsp3) is 0.200. The second kappa shape index (κ2) is 7.66. The SMILES string of the molecule is Cc1ccc(-c2cnn(C)c2NC(=O)OCCc2ccccc2)cc1. The van der Waals surface area contributed by atoms with E-state index >= 15 is 0 Å². The lowest BCUT2D eigenvalue weighted by atomic mass is 10.1. The molecular formula is C20H21N3O2. The van der Waals surface area contributed by atoms with Crippen LogP contribution in [-0.4, -0.2) is 22.5 Å². The molecule has 5 nitrogen and oxygen atoms in total. The summed E-state index contributed by atoms with van der Waals surface area (Å²) < 4.78 is 6.93. The largest absolute Gasteiger partial charge is 0.449 e. The summed E-state index contributed by atoms with van der Waals surface area (Å²) in [5, 5.41) is 7.04. The normalized spacial score (nSPS) is 10.5. The number of nitrogens with zero attached hydrogens (tertiary/aromatic N) is 2. The topological polar surface area (TPSA) is 56.2 Å². The summed E-state index contributed by atoms with van der Waals surface area (Å²) in [5.74, 6) is 0.619. The van der Waals surface area contributed by atoms with Gasteiger partial charge in [-0.05, 0) is 18.1 Å². The van der Waals surface area contributed by atoms with Crippen LogP contribution >= 0.6 is 0 Å². The van der Waals surface area contributed by atoms with E-state index in [1.807, 2.05) is 61.5 Å². The van der Waals surface area contributed by atoms with Crippen molar-refractivity contribution < 1.29 is 9.53 Å². The summed E-state index contributed by atoms with van der Waals surface area (Å²) in [5.41, 5.74) is 4.18. The van der Waals surface area contributed by atoms with Crippen molar-refractivity contribution in [2.75, 3.05) is 11.9 Å². The second-order valence-electron chi connectivity index (χ2n) is 5.89. The lowest BCUT2D eigenvalue weighted by molar-refractivity contribution is 0.163. The van der Waals surface area contributed by atoms with Crippen molar-refractivity contribution in [2.24, 2.45) is 7.05 Å². The molecule has 0 aliphatic carbocycles. The number of aromatic nitrogens is 2. The van der Waals surface area contributed by atoms with E-state index in [-0.39, 0.29) is 0 Å². The molecule has 0 atom stereocenters. The maximum absolute atomic E-state index is 12.1. The molecule has 1 amide bonds. The highest BCUT2D eigenvalue weighted by Crippen LogP contribution is 2.27. The molecule has 0 unspecified atom stereocenters. The van der Waals surface area contributed by atoms with Crippen LogP contribution in [0.2, 0.25) is 0 Å². The average molecular weight is 335 g/mol. The van der Waals surface area contributed by atoms with Gasteiger partial charge in [-0.3, -0.25) is 10.00 Å². The summed E-state index contributed by atoms with van der Waals surface area (Å²) in [4.78, 5) is 12.1. The van der Waals surface area contributed by atoms with Crippen molar-refractivity contribution in [3.05, 3.63) is 71.9 Å². The van der Waals surface area contributed by atoms with Crippen molar-refractivity contribution in [3.63, 3.8) is 0 Å². The van der Waals surface area contributed by atoms with E-state index in [1.54, 1.807) is 17.9 Å². The number of anilines is 1. The maximum Gasteiger partial charge on any atom is 0.412 e. The molecule has 1 N–H and O–H groups in total. The van der Waals surface area contributed by atoms with Crippen LogP contribution < -0.4 is 5.32 Å². The van der Waals surface area contributed by atoms with Gasteiger partial charge in [-0.1, -0.05) is 60.2 Å². The first-order valence-electron chi connectivity index (χ1n) is 8.20. The van der Waals surface area contributed by atoms with Crippen molar-refractivity contribution in [1.29, 1.82) is 0 Å². The van der Waals surface area contributed by atoms with E-state index in [2.05, 4.69) is 10.4 Å². The van der Waals surface area contributed by atoms with Gasteiger partial charge in [0, 0.05) is 19.0 Å². The summed E-state index contributed by atoms with van der Waals surface area (Å²) in [6.07, 6.45) is 1.95. The number of rotatable bonds is 5. The van der Waals surface area contributed by atoms with Crippen molar-refractivity contribution in [2.45, 2.75) is 13.3 Å². The Kier molecular flexibility index (Phi) is 5.14. The van der Waals surface area contributed by atoms with Gasteiger partial charge in [0.2, 0.25) is 0 Å². The molecule has 25 heavy (non-hydrogen) atoms. The van der Waals surface area contributed by atoms with Crippen LogP contribution in [-0.2, 0) is 18.2 Å². The van der Waals surface area contributed by atoms with Gasteiger partial charge in [-0.15, -0.1) is 0 Å². The van der Waals surface area contributed by atoms with Gasteiger partial charge in [0.1, 0.15) is 5.82 Å². The minimum absolute atomic E-state index is 0.327. The molecule has 1 heterocycles. The number of carbonyl (C=O) groups excluding carboxylic acids is 1. The number of hydrogen-bond acceptors (Lipinski definition) is 3. The van der Waals surface area contributed by atoms with E-state index < -0.39 is 6.09 Å². The zero-order valence-electron chi connectivity index (χ0n) is 14.4. The molecule has 1 aromatic heterocycles. The summed E-state index contributed by atoms with van der Waals surface area (Å²) in [6.45, 7) is 2.36. The van der Waals surface area contributed by atoms with Gasteiger partial charge in [-0.2, -0.15) is 5.10 Å². The quantitative estimate of drug-likeness (QED) is 0.761. The van der Waals surface area contributed by atoms with Gasteiger partial charge in [0.05, 0.1) is 12.8 Å². The zero-order valence-corrected chi connectivity index (χ0v) is 14.4. The van der Waals surface area contributed by atoms with Gasteiger partial charge < -0.3 is 4.74 Å². The monoisotopic (exact) mass is 335 g/mol. The third kappa shape index (κ3) is 4.26. The standard InChI is InChI=1S/C20H21N3O2/c1-15-8-10-17(11-9-15)18-14-21-23(2)19(18)22-20(24)25-13-12-16-6-4-3-5-7-16/h3-11,14H,12-13H2,1-2H3,(H,22,24). The van der Waals surface area contributed by atoms with Gasteiger partial charge in [0.15, 0.2) is 0 Å².